The molecule has 0 spiro atoms. The number of benzene rings is 1. The lowest BCUT2D eigenvalue weighted by Gasteiger charge is -2.43. The van der Waals surface area contributed by atoms with Crippen LogP contribution in [0.25, 0.3) is 0 Å². The number of aromatic nitrogens is 3. The summed E-state index contributed by atoms with van der Waals surface area (Å²) in [5.74, 6) is -0.191. The number of alkyl halides is 1. The van der Waals surface area contributed by atoms with Crippen molar-refractivity contribution in [3.8, 4) is 5.75 Å². The summed E-state index contributed by atoms with van der Waals surface area (Å²) >= 11 is 0. The highest BCUT2D eigenvalue weighted by molar-refractivity contribution is 5.22. The van der Waals surface area contributed by atoms with Gasteiger partial charge >= 0.3 is 0 Å². The number of aromatic amines is 1. The van der Waals surface area contributed by atoms with E-state index >= 15 is 0 Å². The van der Waals surface area contributed by atoms with Crippen molar-refractivity contribution in [2.24, 2.45) is 5.41 Å². The van der Waals surface area contributed by atoms with E-state index in [-0.39, 0.29) is 12.4 Å². The molecule has 0 radical (unpaired) electrons. The molecule has 0 bridgehead atoms. The van der Waals surface area contributed by atoms with E-state index in [4.69, 9.17) is 4.74 Å². The van der Waals surface area contributed by atoms with Crippen molar-refractivity contribution in [1.29, 1.82) is 0 Å². The van der Waals surface area contributed by atoms with Crippen molar-refractivity contribution in [1.82, 2.24) is 15.2 Å². The highest BCUT2D eigenvalue weighted by Gasteiger charge is 2.50. The third-order valence-corrected chi connectivity index (χ3v) is 4.32. The molecule has 0 aliphatic carbocycles. The third-order valence-electron chi connectivity index (χ3n) is 4.32. The van der Waals surface area contributed by atoms with E-state index in [2.05, 4.69) is 15.2 Å². The average molecular weight is 325 g/mol. The molecule has 1 aromatic carbocycles. The smallest absolute Gasteiger partial charge is 0.156 e. The van der Waals surface area contributed by atoms with Gasteiger partial charge in [-0.1, -0.05) is 20.8 Å². The predicted octanol–water partition coefficient (Wildman–Crippen LogP) is 2.85. The minimum absolute atomic E-state index is 0.175. The van der Waals surface area contributed by atoms with Crippen LogP contribution in [0.4, 0.5) is 8.78 Å². The van der Waals surface area contributed by atoms with Gasteiger partial charge in [0.15, 0.2) is 5.82 Å². The number of halogens is 2. The maximum absolute atomic E-state index is 13.5. The predicted molar refractivity (Wildman–Crippen MR) is 81.4 cm³/mol. The Labute approximate surface area is 133 Å². The quantitative estimate of drug-likeness (QED) is 0.821. The van der Waals surface area contributed by atoms with Gasteiger partial charge in [0.1, 0.15) is 30.1 Å². The summed E-state index contributed by atoms with van der Waals surface area (Å²) in [5.41, 5.74) is -2.65. The van der Waals surface area contributed by atoms with Crippen LogP contribution in [-0.4, -0.2) is 39.2 Å². The van der Waals surface area contributed by atoms with E-state index in [0.717, 1.165) is 0 Å². The van der Waals surface area contributed by atoms with Crippen LogP contribution >= 0.6 is 0 Å². The number of nitrogens with zero attached hydrogens (tertiary/aromatic N) is 2. The van der Waals surface area contributed by atoms with Crippen molar-refractivity contribution in [3.63, 3.8) is 0 Å². The van der Waals surface area contributed by atoms with Gasteiger partial charge in [0, 0.05) is 5.41 Å². The van der Waals surface area contributed by atoms with Gasteiger partial charge in [-0.3, -0.25) is 9.49 Å². The zero-order valence-corrected chi connectivity index (χ0v) is 13.4. The first kappa shape index (κ1) is 17.3. The Bertz CT molecular complexity index is 617. The SMILES string of the molecule is CC(c1nc[nH]n1)C(O)(COc1ccc(F)cc1)C(C)(C)CF. The molecule has 5 nitrogen and oxygen atoms in total. The van der Waals surface area contributed by atoms with Crippen LogP contribution in [0, 0.1) is 11.2 Å². The molecule has 0 fully saturated rings. The Morgan fingerprint density at radius 2 is 1.96 bits per heavy atom. The van der Waals surface area contributed by atoms with E-state index in [1.54, 1.807) is 20.8 Å². The lowest BCUT2D eigenvalue weighted by molar-refractivity contribution is -0.120. The first-order valence-corrected chi connectivity index (χ1v) is 7.32. The van der Waals surface area contributed by atoms with Gasteiger partial charge < -0.3 is 9.84 Å². The standard InChI is InChI=1S/C16H21F2N3O2/c1-11(14-19-10-20-21-14)16(22,15(2,3)8-17)9-23-13-6-4-12(18)5-7-13/h4-7,10-11,22H,8-9H2,1-3H3,(H,19,20,21). The molecule has 1 aromatic heterocycles. The van der Waals surface area contributed by atoms with E-state index in [9.17, 15) is 13.9 Å². The lowest BCUT2D eigenvalue weighted by atomic mass is 9.69. The molecule has 0 saturated carbocycles. The average Bonchev–Trinajstić information content (AvgIpc) is 3.07. The monoisotopic (exact) mass is 325 g/mol. The summed E-state index contributed by atoms with van der Waals surface area (Å²) in [6.45, 7) is 4.03. The number of hydrogen-bond donors (Lipinski definition) is 2. The van der Waals surface area contributed by atoms with Gasteiger partial charge in [-0.25, -0.2) is 9.37 Å². The maximum atomic E-state index is 13.5. The number of nitrogens with one attached hydrogen (secondary N) is 1. The summed E-state index contributed by atoms with van der Waals surface area (Å²) in [6.07, 6.45) is 1.40. The van der Waals surface area contributed by atoms with Crippen LogP contribution in [0.2, 0.25) is 0 Å². The molecule has 7 heteroatoms. The van der Waals surface area contributed by atoms with E-state index in [1.165, 1.54) is 30.6 Å². The van der Waals surface area contributed by atoms with Crippen LogP contribution in [-0.2, 0) is 0 Å². The molecule has 23 heavy (non-hydrogen) atoms. The van der Waals surface area contributed by atoms with Crippen LogP contribution in [0.3, 0.4) is 0 Å². The Balaban J connectivity index is 2.25. The van der Waals surface area contributed by atoms with Gasteiger partial charge in [0.25, 0.3) is 0 Å². The van der Waals surface area contributed by atoms with Crippen molar-refractivity contribution in [3.05, 3.63) is 42.2 Å². The van der Waals surface area contributed by atoms with Gasteiger partial charge in [0.05, 0.1) is 12.6 Å². The van der Waals surface area contributed by atoms with Crippen molar-refractivity contribution in [2.75, 3.05) is 13.3 Å². The molecule has 2 N–H and O–H groups in total. The van der Waals surface area contributed by atoms with Gasteiger partial charge in [-0.2, -0.15) is 5.10 Å². The maximum Gasteiger partial charge on any atom is 0.156 e. The second-order valence-corrected chi connectivity index (χ2v) is 6.26. The first-order valence-electron chi connectivity index (χ1n) is 7.32. The number of ether oxygens (including phenoxy) is 1. The molecule has 2 unspecified atom stereocenters. The highest BCUT2D eigenvalue weighted by Crippen LogP contribution is 2.41. The second-order valence-electron chi connectivity index (χ2n) is 6.26. The largest absolute Gasteiger partial charge is 0.491 e. The second kappa shape index (κ2) is 6.62. The molecule has 0 aliphatic heterocycles. The Morgan fingerprint density at radius 3 is 2.48 bits per heavy atom. The normalized spacial score (nSPS) is 15.9. The molecule has 2 aromatic rings. The fourth-order valence-corrected chi connectivity index (χ4v) is 2.39. The van der Waals surface area contributed by atoms with Gasteiger partial charge in [0.2, 0.25) is 0 Å². The fourth-order valence-electron chi connectivity index (χ4n) is 2.39. The number of aliphatic hydroxyl groups is 1. The Kier molecular flexibility index (Phi) is 4.99. The first-order chi connectivity index (χ1) is 10.8. The van der Waals surface area contributed by atoms with Crippen LogP contribution < -0.4 is 4.74 Å². The molecule has 126 valence electrons. The summed E-state index contributed by atoms with van der Waals surface area (Å²) < 4.78 is 32.1. The molecule has 0 aliphatic rings. The lowest BCUT2D eigenvalue weighted by Crippen LogP contribution is -2.54. The molecular formula is C16H21F2N3O2. The molecule has 2 atom stereocenters. The third kappa shape index (κ3) is 3.50. The molecule has 1 heterocycles. The van der Waals surface area contributed by atoms with Crippen LogP contribution in [0.1, 0.15) is 32.5 Å². The van der Waals surface area contributed by atoms with Crippen molar-refractivity contribution < 1.29 is 18.6 Å². The molecule has 0 amide bonds. The number of rotatable bonds is 7. The van der Waals surface area contributed by atoms with Crippen LogP contribution in [0.5, 0.6) is 5.75 Å². The molecular weight excluding hydrogens is 304 g/mol. The highest BCUT2D eigenvalue weighted by atomic mass is 19.1. The van der Waals surface area contributed by atoms with Gasteiger partial charge in [-0.15, -0.1) is 0 Å². The van der Waals surface area contributed by atoms with Crippen LogP contribution in [0.15, 0.2) is 30.6 Å². The summed E-state index contributed by atoms with van der Waals surface area (Å²) in [6, 6.07) is 5.42. The zero-order valence-electron chi connectivity index (χ0n) is 13.4. The van der Waals surface area contributed by atoms with Crippen molar-refractivity contribution >= 4 is 0 Å². The zero-order chi connectivity index (χ0) is 17.1. The fraction of sp³-hybridized carbons (Fsp3) is 0.500. The molecule has 0 saturated heterocycles. The number of H-pyrrole nitrogens is 1. The summed E-state index contributed by atoms with van der Waals surface area (Å²) in [7, 11) is 0. The van der Waals surface area contributed by atoms with E-state index in [0.29, 0.717) is 11.6 Å². The Hall–Kier alpha value is -2.02. The van der Waals surface area contributed by atoms with E-state index < -0.39 is 23.6 Å². The Morgan fingerprint density at radius 1 is 1.30 bits per heavy atom. The van der Waals surface area contributed by atoms with E-state index in [1.807, 2.05) is 0 Å². The minimum Gasteiger partial charge on any atom is -0.491 e. The summed E-state index contributed by atoms with van der Waals surface area (Å²) in [5, 5.41) is 17.7. The summed E-state index contributed by atoms with van der Waals surface area (Å²) in [4.78, 5) is 4.04. The number of hydrogen-bond acceptors (Lipinski definition) is 4. The minimum atomic E-state index is -1.56. The van der Waals surface area contributed by atoms with Crippen molar-refractivity contribution in [2.45, 2.75) is 32.3 Å². The topological polar surface area (TPSA) is 71.0 Å². The molecule has 2 rings (SSSR count). The van der Waals surface area contributed by atoms with Gasteiger partial charge in [-0.05, 0) is 24.3 Å².